The fourth-order valence-corrected chi connectivity index (χ4v) is 3.14. The summed E-state index contributed by atoms with van der Waals surface area (Å²) in [5, 5.41) is 27.5. The summed E-state index contributed by atoms with van der Waals surface area (Å²) in [5.74, 6) is -2.82. The molecule has 1 fully saturated rings. The van der Waals surface area contributed by atoms with Crippen LogP contribution in [-0.2, 0) is 9.59 Å². The molecule has 1 aliphatic heterocycles. The second-order valence-corrected chi connectivity index (χ2v) is 6.32. The topological polar surface area (TPSA) is 143 Å². The van der Waals surface area contributed by atoms with Gasteiger partial charge in [-0.1, -0.05) is 30.3 Å². The van der Waals surface area contributed by atoms with E-state index in [2.05, 4.69) is 15.8 Å². The number of hydrazone groups is 1. The van der Waals surface area contributed by atoms with E-state index in [1.807, 2.05) is 30.3 Å². The number of nitrogens with zero attached hydrogens (tertiary/aromatic N) is 2. The average Bonchev–Trinajstić information content (AvgIpc) is 3.11. The van der Waals surface area contributed by atoms with E-state index in [9.17, 15) is 24.8 Å². The lowest BCUT2D eigenvalue weighted by Gasteiger charge is -2.15. The summed E-state index contributed by atoms with van der Waals surface area (Å²) in [4.78, 5) is 35.0. The van der Waals surface area contributed by atoms with Crippen LogP contribution in [0.1, 0.15) is 17.0 Å². The molecule has 2 aromatic rings. The Morgan fingerprint density at radius 2 is 2.10 bits per heavy atom. The van der Waals surface area contributed by atoms with E-state index in [0.717, 1.165) is 23.9 Å². The summed E-state index contributed by atoms with van der Waals surface area (Å²) in [5.41, 5.74) is 2.77. The highest BCUT2D eigenvalue weighted by molar-refractivity contribution is 6.03. The zero-order valence-electron chi connectivity index (χ0n) is 15.4. The van der Waals surface area contributed by atoms with Gasteiger partial charge in [0.15, 0.2) is 11.5 Å². The number of phenols is 1. The van der Waals surface area contributed by atoms with E-state index in [0.29, 0.717) is 6.54 Å². The second kappa shape index (κ2) is 8.38. The van der Waals surface area contributed by atoms with Gasteiger partial charge in [-0.3, -0.25) is 19.7 Å². The van der Waals surface area contributed by atoms with Crippen LogP contribution in [0.2, 0.25) is 0 Å². The first-order chi connectivity index (χ1) is 13.9. The molecular formula is C19H18N4O6. The Balaban J connectivity index is 1.78. The van der Waals surface area contributed by atoms with E-state index in [1.54, 1.807) is 0 Å². The van der Waals surface area contributed by atoms with Gasteiger partial charge in [-0.2, -0.15) is 5.10 Å². The fourth-order valence-electron chi connectivity index (χ4n) is 3.14. The van der Waals surface area contributed by atoms with Gasteiger partial charge in [-0.15, -0.1) is 0 Å². The molecule has 1 aliphatic rings. The first-order valence-electron chi connectivity index (χ1n) is 8.63. The number of aromatic hydroxyl groups is 1. The number of carbonyl (C=O) groups is 2. The normalized spacial score (nSPS) is 18.4. The lowest BCUT2D eigenvalue weighted by molar-refractivity contribution is -0.385. The molecule has 3 rings (SSSR count). The average molecular weight is 398 g/mol. The molecule has 150 valence electrons. The number of nitro benzene ring substituents is 1. The molecule has 1 saturated heterocycles. The molecular weight excluding hydrogens is 380 g/mol. The van der Waals surface area contributed by atoms with Crippen molar-refractivity contribution < 1.29 is 24.4 Å². The third-order valence-corrected chi connectivity index (χ3v) is 4.59. The molecule has 0 radical (unpaired) electrons. The van der Waals surface area contributed by atoms with Crippen molar-refractivity contribution in [1.82, 2.24) is 10.7 Å². The number of nitro groups is 1. The summed E-state index contributed by atoms with van der Waals surface area (Å²) in [7, 11) is 1.25. The molecule has 0 spiro atoms. The Labute approximate surface area is 165 Å². The summed E-state index contributed by atoms with van der Waals surface area (Å²) in [6.07, 6.45) is 1.05. The van der Waals surface area contributed by atoms with Crippen LogP contribution < -0.4 is 15.5 Å². The highest BCUT2D eigenvalue weighted by atomic mass is 16.6. The van der Waals surface area contributed by atoms with Gasteiger partial charge in [-0.05, 0) is 5.56 Å². The van der Waals surface area contributed by atoms with E-state index in [-0.39, 0.29) is 28.7 Å². The molecule has 0 saturated carbocycles. The first kappa shape index (κ1) is 19.8. The Bertz CT molecular complexity index is 976. The van der Waals surface area contributed by atoms with Gasteiger partial charge in [0.2, 0.25) is 5.91 Å². The minimum absolute atomic E-state index is 0.0215. The van der Waals surface area contributed by atoms with Crippen molar-refractivity contribution in [3.05, 3.63) is 63.7 Å². The van der Waals surface area contributed by atoms with Gasteiger partial charge in [0, 0.05) is 24.1 Å². The molecule has 3 N–H and O–H groups in total. The van der Waals surface area contributed by atoms with Gasteiger partial charge in [0.05, 0.1) is 24.3 Å². The third kappa shape index (κ3) is 4.15. The highest BCUT2D eigenvalue weighted by Gasteiger charge is 2.40. The highest BCUT2D eigenvalue weighted by Crippen LogP contribution is 2.33. The van der Waals surface area contributed by atoms with Gasteiger partial charge in [0.1, 0.15) is 5.92 Å². The Morgan fingerprint density at radius 1 is 1.38 bits per heavy atom. The van der Waals surface area contributed by atoms with E-state index < -0.39 is 22.7 Å². The van der Waals surface area contributed by atoms with Gasteiger partial charge >= 0.3 is 0 Å². The minimum atomic E-state index is -0.970. The van der Waals surface area contributed by atoms with Gasteiger partial charge < -0.3 is 15.2 Å². The molecule has 0 aromatic heterocycles. The van der Waals surface area contributed by atoms with Crippen LogP contribution in [0.15, 0.2) is 47.6 Å². The predicted octanol–water partition coefficient (Wildman–Crippen LogP) is 1.29. The second-order valence-electron chi connectivity index (χ2n) is 6.32. The van der Waals surface area contributed by atoms with Crippen LogP contribution in [0, 0.1) is 16.0 Å². The summed E-state index contributed by atoms with van der Waals surface area (Å²) in [6.45, 7) is 0.327. The maximum atomic E-state index is 12.5. The van der Waals surface area contributed by atoms with Crippen molar-refractivity contribution in [2.75, 3.05) is 13.7 Å². The quantitative estimate of drug-likeness (QED) is 0.290. The number of phenolic OH excluding ortho intramolecular Hbond substituents is 1. The molecule has 2 aromatic carbocycles. The SMILES string of the molecule is COc1cc([N+](=O)[O-])cc(/C=N/NC(=O)[C@H]2C(=O)NC[C@@H]2c2ccccc2)c1O. The molecule has 10 nitrogen and oxygen atoms in total. The van der Waals surface area contributed by atoms with Crippen molar-refractivity contribution in [2.24, 2.45) is 11.0 Å². The minimum Gasteiger partial charge on any atom is -0.504 e. The van der Waals surface area contributed by atoms with Crippen LogP contribution in [-0.4, -0.2) is 41.7 Å². The maximum Gasteiger partial charge on any atom is 0.274 e. The lowest BCUT2D eigenvalue weighted by Crippen LogP contribution is -2.34. The number of non-ortho nitro benzene ring substituents is 1. The van der Waals surface area contributed by atoms with Crippen molar-refractivity contribution in [1.29, 1.82) is 0 Å². The first-order valence-corrected chi connectivity index (χ1v) is 8.63. The number of ether oxygens (including phenoxy) is 1. The monoisotopic (exact) mass is 398 g/mol. The van der Waals surface area contributed by atoms with Crippen LogP contribution in [0.25, 0.3) is 0 Å². The van der Waals surface area contributed by atoms with Crippen LogP contribution in [0.3, 0.4) is 0 Å². The van der Waals surface area contributed by atoms with Crippen molar-refractivity contribution in [3.63, 3.8) is 0 Å². The molecule has 1 heterocycles. The summed E-state index contributed by atoms with van der Waals surface area (Å²) >= 11 is 0. The van der Waals surface area contributed by atoms with Crippen molar-refractivity contribution in [2.45, 2.75) is 5.92 Å². The summed E-state index contributed by atoms with van der Waals surface area (Å²) < 4.78 is 4.91. The number of methoxy groups -OCH3 is 1. The smallest absolute Gasteiger partial charge is 0.274 e. The van der Waals surface area contributed by atoms with E-state index >= 15 is 0 Å². The number of hydrogen-bond acceptors (Lipinski definition) is 7. The maximum absolute atomic E-state index is 12.5. The predicted molar refractivity (Wildman–Crippen MR) is 103 cm³/mol. The van der Waals surface area contributed by atoms with Crippen molar-refractivity contribution >= 4 is 23.7 Å². The Morgan fingerprint density at radius 3 is 2.76 bits per heavy atom. The standard InChI is InChI=1S/C19H18N4O6/c1-29-15-8-13(23(27)28)7-12(17(15)24)9-21-22-19(26)16-14(10-20-18(16)25)11-5-3-2-4-6-11/h2-9,14,16,24H,10H2,1H3,(H,20,25)(H,22,26)/b21-9+/t14-,16-/m1/s1. The number of rotatable bonds is 6. The van der Waals surface area contributed by atoms with Crippen LogP contribution in [0.5, 0.6) is 11.5 Å². The van der Waals surface area contributed by atoms with Crippen LogP contribution >= 0.6 is 0 Å². The molecule has 0 unspecified atom stereocenters. The van der Waals surface area contributed by atoms with Crippen molar-refractivity contribution in [3.8, 4) is 11.5 Å². The molecule has 0 aliphatic carbocycles. The molecule has 0 bridgehead atoms. The largest absolute Gasteiger partial charge is 0.504 e. The third-order valence-electron chi connectivity index (χ3n) is 4.59. The number of amides is 2. The van der Waals surface area contributed by atoms with E-state index in [1.165, 1.54) is 7.11 Å². The molecule has 2 atom stereocenters. The zero-order chi connectivity index (χ0) is 21.0. The molecule has 2 amide bonds. The fraction of sp³-hybridized carbons (Fsp3) is 0.211. The summed E-state index contributed by atoms with van der Waals surface area (Å²) in [6, 6.07) is 11.3. The van der Waals surface area contributed by atoms with Crippen LogP contribution in [0.4, 0.5) is 5.69 Å². The number of nitrogens with one attached hydrogen (secondary N) is 2. The molecule has 29 heavy (non-hydrogen) atoms. The number of hydrogen-bond donors (Lipinski definition) is 3. The van der Waals surface area contributed by atoms with E-state index in [4.69, 9.17) is 4.74 Å². The Kier molecular flexibility index (Phi) is 5.72. The molecule has 10 heteroatoms. The van der Waals surface area contributed by atoms with Gasteiger partial charge in [0.25, 0.3) is 11.6 Å². The zero-order valence-corrected chi connectivity index (χ0v) is 15.4. The number of carbonyl (C=O) groups excluding carboxylic acids is 2. The Hall–Kier alpha value is -3.95. The van der Waals surface area contributed by atoms with Gasteiger partial charge in [-0.25, -0.2) is 5.43 Å². The lowest BCUT2D eigenvalue weighted by atomic mass is 9.88. The number of benzene rings is 2.